The molecule has 0 aromatic heterocycles. The zero-order chi connectivity index (χ0) is 51.1. The van der Waals surface area contributed by atoms with E-state index in [1.807, 2.05) is 0 Å². The maximum absolute atomic E-state index is 14.2. The van der Waals surface area contributed by atoms with Crippen molar-refractivity contribution >= 4 is 22.0 Å². The zero-order valence-corrected chi connectivity index (χ0v) is 29.3. The van der Waals surface area contributed by atoms with Crippen LogP contribution in [0.15, 0.2) is 18.2 Å². The number of hydrogen-bond donors (Lipinski definition) is 0. The third kappa shape index (κ3) is 8.78. The minimum absolute atomic E-state index is 0.285. The summed E-state index contributed by atoms with van der Waals surface area (Å²) in [5.74, 6) is -117. The quantitative estimate of drug-likeness (QED) is 0.0902. The maximum atomic E-state index is 14.2. The molecule has 1 aromatic rings. The first-order chi connectivity index (χ1) is 27.1. The Balaban J connectivity index is 3.33. The van der Waals surface area contributed by atoms with Crippen LogP contribution < -0.4 is 4.24 Å². The van der Waals surface area contributed by atoms with Gasteiger partial charge in [0.15, 0.2) is 0 Å². The molecule has 0 aliphatic rings. The Hall–Kier alpha value is -2.56. The molecule has 0 atom stereocenters. The summed E-state index contributed by atoms with van der Waals surface area (Å²) in [6, 6.07) is 1.91. The van der Waals surface area contributed by atoms with Crippen molar-refractivity contribution in [2.45, 2.75) is 134 Å². The first kappa shape index (κ1) is 58.5. The van der Waals surface area contributed by atoms with Gasteiger partial charge in [0.2, 0.25) is 0 Å². The van der Waals surface area contributed by atoms with Crippen LogP contribution in [-0.4, -0.2) is 113 Å². The number of alkyl halides is 34. The van der Waals surface area contributed by atoms with Crippen molar-refractivity contribution in [1.82, 2.24) is 0 Å². The van der Waals surface area contributed by atoms with E-state index in [4.69, 9.17) is 0 Å². The fourth-order valence-corrected chi connectivity index (χ4v) is 4.97. The van der Waals surface area contributed by atoms with Crippen LogP contribution in [0.2, 0.25) is 0 Å². The summed E-state index contributed by atoms with van der Waals surface area (Å²) in [7, 11) is 0. The molecule has 0 unspecified atom stereocenters. The SMILES string of the molecule is [Li][c]1cc(CCCC(F)(F)C(F)(F)C(F)(F)C(F)(F)C(F)(F)C(F)(F)C(F)(F)C(F)(F)F)cc(CCCC(F)(F)C(F)(F)C(F)(F)C(F)(F)C(F)(F)C(F)(F)C(F)(F)C(F)(F)F)c1. The van der Waals surface area contributed by atoms with Crippen LogP contribution in [0.25, 0.3) is 0 Å². The van der Waals surface area contributed by atoms with E-state index in [2.05, 4.69) is 0 Å². The molecule has 1 rings (SSSR count). The molecule has 63 heavy (non-hydrogen) atoms. The van der Waals surface area contributed by atoms with Crippen LogP contribution in [-0.2, 0) is 12.8 Å². The standard InChI is InChI=1S/C28H15F34.Li/c29-13(30,15(33,34)17(37,38)19(41,42)21(45,46)23(49,50)25(53,54)27(57,58)59)8-2-6-11-4-1-5-12(10-11)7-3-9-14(31,32)16(35,36)18(39,40)20(43,44)22(47,48)24(51,52)26(55,56)28(60,61)62;/h4-5,10H,2-3,6-9H2;. The van der Waals surface area contributed by atoms with Gasteiger partial charge in [0.1, 0.15) is 0 Å². The van der Waals surface area contributed by atoms with Gasteiger partial charge in [-0.3, -0.25) is 0 Å². The predicted octanol–water partition coefficient (Wildman–Crippen LogP) is 13.1. The van der Waals surface area contributed by atoms with Crippen LogP contribution in [0, 0.1) is 0 Å². The van der Waals surface area contributed by atoms with Gasteiger partial charge in [0.25, 0.3) is 0 Å². The Labute approximate surface area is 334 Å². The van der Waals surface area contributed by atoms with E-state index >= 15 is 0 Å². The van der Waals surface area contributed by atoms with Gasteiger partial charge >= 0.3 is 273 Å². The average molecular weight is 1000 g/mol. The van der Waals surface area contributed by atoms with Crippen molar-refractivity contribution in [3.63, 3.8) is 0 Å². The third-order valence-electron chi connectivity index (χ3n) is 8.68. The second kappa shape index (κ2) is 16.3. The van der Waals surface area contributed by atoms with Crippen LogP contribution in [0.5, 0.6) is 0 Å². The van der Waals surface area contributed by atoms with Gasteiger partial charge < -0.3 is 0 Å². The molecule has 0 heterocycles. The summed E-state index contributed by atoms with van der Waals surface area (Å²) in [6.07, 6.45) is -28.1. The number of halogens is 34. The van der Waals surface area contributed by atoms with Crippen molar-refractivity contribution in [3.05, 3.63) is 29.3 Å². The van der Waals surface area contributed by atoms with Crippen molar-refractivity contribution in [2.24, 2.45) is 0 Å². The molecule has 0 saturated carbocycles. The van der Waals surface area contributed by atoms with Gasteiger partial charge in [0, 0.05) is 0 Å². The summed E-state index contributed by atoms with van der Waals surface area (Å²) in [5, 5.41) is 0. The summed E-state index contributed by atoms with van der Waals surface area (Å²) >= 11 is 0.903. The van der Waals surface area contributed by atoms with Crippen molar-refractivity contribution in [1.29, 1.82) is 0 Å². The topological polar surface area (TPSA) is 0 Å². The fourth-order valence-electron chi connectivity index (χ4n) is 4.97. The fraction of sp³-hybridized carbons (Fsp3) is 0.786. The summed E-state index contributed by atoms with van der Waals surface area (Å²) in [4.78, 5) is 0. The molecule has 0 bridgehead atoms. The molecule has 0 fully saturated rings. The molecule has 0 radical (unpaired) electrons. The van der Waals surface area contributed by atoms with Gasteiger partial charge in [-0.1, -0.05) is 0 Å². The molecular weight excluding hydrogens is 989 g/mol. The van der Waals surface area contributed by atoms with Gasteiger partial charge in [-0.05, 0) is 0 Å². The Morgan fingerprint density at radius 1 is 0.270 bits per heavy atom. The van der Waals surface area contributed by atoms with Gasteiger partial charge in [-0.25, -0.2) is 0 Å². The monoisotopic (exact) mass is 1000 g/mol. The van der Waals surface area contributed by atoms with E-state index < -0.39 is 145 Å². The normalized spacial score (nSPS) is 16.3. The van der Waals surface area contributed by atoms with Crippen molar-refractivity contribution in [3.8, 4) is 0 Å². The van der Waals surface area contributed by atoms with Crippen LogP contribution in [0.1, 0.15) is 36.8 Å². The van der Waals surface area contributed by atoms with E-state index in [1.54, 1.807) is 0 Å². The molecular formula is C28H15F34Li. The van der Waals surface area contributed by atoms with E-state index in [9.17, 15) is 149 Å². The number of benzene rings is 1. The number of hydrogen-bond acceptors (Lipinski definition) is 0. The second-order valence-corrected chi connectivity index (χ2v) is 13.3. The predicted molar refractivity (Wildman–Crippen MR) is 139 cm³/mol. The molecule has 35 heteroatoms. The summed E-state index contributed by atoms with van der Waals surface area (Å²) in [6.45, 7) is 0. The summed E-state index contributed by atoms with van der Waals surface area (Å²) < 4.78 is 457. The van der Waals surface area contributed by atoms with Gasteiger partial charge in [-0.2, -0.15) is 61.5 Å². The number of rotatable bonds is 20. The molecule has 0 aliphatic carbocycles. The molecule has 0 aliphatic heterocycles. The Morgan fingerprint density at radius 2 is 0.460 bits per heavy atom. The van der Waals surface area contributed by atoms with Crippen molar-refractivity contribution < 1.29 is 149 Å². The zero-order valence-electron chi connectivity index (χ0n) is 29.3. The van der Waals surface area contributed by atoms with Crippen molar-refractivity contribution in [2.75, 3.05) is 0 Å². The molecule has 0 saturated heterocycles. The van der Waals surface area contributed by atoms with E-state index in [1.165, 1.54) is 0 Å². The van der Waals surface area contributed by atoms with Gasteiger partial charge in [-0.15, -0.1) is 0 Å². The summed E-state index contributed by atoms with van der Waals surface area (Å²) in [5.41, 5.74) is -1.30. The second-order valence-electron chi connectivity index (χ2n) is 13.3. The van der Waals surface area contributed by atoms with E-state index in [-0.39, 0.29) is 4.24 Å². The van der Waals surface area contributed by atoms with E-state index in [0.717, 1.165) is 29.8 Å². The van der Waals surface area contributed by atoms with Gasteiger partial charge in [0.05, 0.1) is 0 Å². The van der Waals surface area contributed by atoms with Crippen LogP contribution >= 0.6 is 0 Å². The first-order valence-electron chi connectivity index (χ1n) is 15.6. The molecule has 0 nitrogen and oxygen atoms in total. The molecule has 0 amide bonds. The average Bonchev–Trinajstić information content (AvgIpc) is 3.05. The van der Waals surface area contributed by atoms with Crippen LogP contribution in [0.4, 0.5) is 149 Å². The number of aryl methyl sites for hydroxylation is 2. The molecule has 1 aromatic carbocycles. The molecule has 0 N–H and O–H groups in total. The Bertz CT molecular complexity index is 1620. The Kier molecular flexibility index (Phi) is 15.2. The first-order valence-corrected chi connectivity index (χ1v) is 15.6. The minimum atomic E-state index is -8.90. The van der Waals surface area contributed by atoms with E-state index in [0.29, 0.717) is 6.07 Å². The third-order valence-corrected chi connectivity index (χ3v) is 8.68. The van der Waals surface area contributed by atoms with Crippen LogP contribution in [0.3, 0.4) is 0 Å². The molecule has 366 valence electrons. The molecule has 0 spiro atoms. The Morgan fingerprint density at radius 3 is 0.667 bits per heavy atom.